The third-order valence-electron chi connectivity index (χ3n) is 5.46. The van der Waals surface area contributed by atoms with Crippen LogP contribution in [0.1, 0.15) is 29.6 Å². The highest BCUT2D eigenvalue weighted by molar-refractivity contribution is 9.10. The maximum absolute atomic E-state index is 12.9. The third-order valence-corrected chi connectivity index (χ3v) is 6.04. The van der Waals surface area contributed by atoms with Crippen molar-refractivity contribution >= 4 is 39.3 Å². The van der Waals surface area contributed by atoms with Gasteiger partial charge in [-0.1, -0.05) is 0 Å². The van der Waals surface area contributed by atoms with Crippen LogP contribution in [0, 0.1) is 0 Å². The summed E-state index contributed by atoms with van der Waals surface area (Å²) in [6, 6.07) is 5.48. The third kappa shape index (κ3) is 5.67. The average molecular weight is 506 g/mol. The zero-order valence-corrected chi connectivity index (χ0v) is 19.7. The Bertz CT molecular complexity index is 935. The number of halogens is 1. The lowest BCUT2D eigenvalue weighted by Gasteiger charge is -2.29. The lowest BCUT2D eigenvalue weighted by Crippen LogP contribution is -2.40. The van der Waals surface area contributed by atoms with Crippen LogP contribution in [0.2, 0.25) is 0 Å². The molecule has 1 aromatic heterocycles. The van der Waals surface area contributed by atoms with Gasteiger partial charge in [-0.15, -0.1) is 0 Å². The number of nitrogens with one attached hydrogen (secondary N) is 2. The Kier molecular flexibility index (Phi) is 7.77. The molecule has 172 valence electrons. The van der Waals surface area contributed by atoms with Crippen molar-refractivity contribution < 1.29 is 19.0 Å². The largest absolute Gasteiger partial charge is 0.488 e. The first-order chi connectivity index (χ1) is 15.6. The van der Waals surface area contributed by atoms with Crippen LogP contribution < -0.4 is 15.4 Å². The predicted octanol–water partition coefficient (Wildman–Crippen LogP) is 3.44. The second kappa shape index (κ2) is 10.9. The van der Waals surface area contributed by atoms with Crippen molar-refractivity contribution in [1.29, 1.82) is 0 Å². The quantitative estimate of drug-likeness (QED) is 0.500. The highest BCUT2D eigenvalue weighted by Crippen LogP contribution is 2.34. The molecule has 2 aliphatic rings. The molecule has 2 aromatic rings. The van der Waals surface area contributed by atoms with Crippen LogP contribution in [-0.2, 0) is 9.47 Å². The maximum Gasteiger partial charge on any atom is 0.254 e. The number of aromatic nitrogens is 2. The van der Waals surface area contributed by atoms with Crippen molar-refractivity contribution in [2.24, 2.45) is 0 Å². The number of benzene rings is 1. The van der Waals surface area contributed by atoms with Gasteiger partial charge in [0.05, 0.1) is 36.1 Å². The van der Waals surface area contributed by atoms with Crippen molar-refractivity contribution in [3.63, 3.8) is 0 Å². The first kappa shape index (κ1) is 22.8. The molecule has 2 fully saturated rings. The number of hydrogen-bond donors (Lipinski definition) is 2. The number of carbonyl (C=O) groups is 1. The number of ether oxygens (including phenoxy) is 3. The van der Waals surface area contributed by atoms with Crippen LogP contribution in [0.25, 0.3) is 0 Å². The first-order valence-corrected chi connectivity index (χ1v) is 11.6. The van der Waals surface area contributed by atoms with Crippen molar-refractivity contribution in [1.82, 2.24) is 14.9 Å². The summed E-state index contributed by atoms with van der Waals surface area (Å²) in [6.07, 6.45) is 5.05. The lowest BCUT2D eigenvalue weighted by atomic mass is 9.96. The van der Waals surface area contributed by atoms with E-state index in [9.17, 15) is 4.79 Å². The number of morpholine rings is 1. The average Bonchev–Trinajstić information content (AvgIpc) is 2.79. The van der Waals surface area contributed by atoms with E-state index in [4.69, 9.17) is 14.2 Å². The molecule has 32 heavy (non-hydrogen) atoms. The van der Waals surface area contributed by atoms with Crippen LogP contribution in [0.4, 0.5) is 17.5 Å². The van der Waals surface area contributed by atoms with E-state index in [1.807, 2.05) is 23.1 Å². The zero-order chi connectivity index (χ0) is 22.3. The molecule has 2 N–H and O–H groups in total. The van der Waals surface area contributed by atoms with Gasteiger partial charge in [0.25, 0.3) is 5.91 Å². The normalized spacial score (nSPS) is 16.4. The molecule has 1 aromatic carbocycles. The fourth-order valence-electron chi connectivity index (χ4n) is 3.42. The van der Waals surface area contributed by atoms with Crippen molar-refractivity contribution in [3.05, 3.63) is 34.4 Å². The summed E-state index contributed by atoms with van der Waals surface area (Å²) >= 11 is 3.46. The fraction of sp³-hybridized carbons (Fsp3) is 0.500. The summed E-state index contributed by atoms with van der Waals surface area (Å²) in [5, 5.41) is 6.46. The molecule has 4 rings (SSSR count). The van der Waals surface area contributed by atoms with Crippen LogP contribution in [0.3, 0.4) is 0 Å². The molecule has 0 unspecified atom stereocenters. The van der Waals surface area contributed by atoms with E-state index < -0.39 is 0 Å². The summed E-state index contributed by atoms with van der Waals surface area (Å²) in [7, 11) is 1.65. The minimum atomic E-state index is -0.0113. The van der Waals surface area contributed by atoms with Crippen molar-refractivity contribution in [2.45, 2.75) is 25.4 Å². The zero-order valence-electron chi connectivity index (χ0n) is 18.1. The number of hydrogen-bond acceptors (Lipinski definition) is 8. The first-order valence-electron chi connectivity index (χ1n) is 10.8. The van der Waals surface area contributed by atoms with Gasteiger partial charge in [-0.2, -0.15) is 4.98 Å². The summed E-state index contributed by atoms with van der Waals surface area (Å²) in [6.45, 7) is 3.53. The fourth-order valence-corrected chi connectivity index (χ4v) is 3.75. The van der Waals surface area contributed by atoms with Gasteiger partial charge in [0.1, 0.15) is 11.6 Å². The molecule has 1 aliphatic heterocycles. The van der Waals surface area contributed by atoms with Gasteiger partial charge in [0.2, 0.25) is 5.95 Å². The molecule has 9 nitrogen and oxygen atoms in total. The molecular weight excluding hydrogens is 478 g/mol. The van der Waals surface area contributed by atoms with Gasteiger partial charge in [0.15, 0.2) is 0 Å². The van der Waals surface area contributed by atoms with Crippen LogP contribution >= 0.6 is 15.9 Å². The Morgan fingerprint density at radius 2 is 2.12 bits per heavy atom. The standard InChI is InChI=1S/C22H28BrN5O4/c1-30-10-7-24-20-17(23)14-25-22(27-20)26-18-6-5-15(13-19(18)32-16-3-2-4-16)21(29)28-8-11-31-12-9-28/h5-6,13-14,16H,2-4,7-12H2,1H3,(H2,24,25,26,27). The minimum Gasteiger partial charge on any atom is -0.488 e. The monoisotopic (exact) mass is 505 g/mol. The molecule has 0 spiro atoms. The van der Waals surface area contributed by atoms with E-state index in [1.165, 1.54) is 0 Å². The van der Waals surface area contributed by atoms with E-state index in [-0.39, 0.29) is 12.0 Å². The summed E-state index contributed by atoms with van der Waals surface area (Å²) in [4.78, 5) is 23.7. The van der Waals surface area contributed by atoms with Gasteiger partial charge < -0.3 is 29.7 Å². The molecule has 1 amide bonds. The maximum atomic E-state index is 12.9. The van der Waals surface area contributed by atoms with E-state index in [2.05, 4.69) is 36.5 Å². The van der Waals surface area contributed by atoms with Gasteiger partial charge >= 0.3 is 0 Å². The molecule has 1 saturated heterocycles. The van der Waals surface area contributed by atoms with Gasteiger partial charge in [-0.25, -0.2) is 4.98 Å². The smallest absolute Gasteiger partial charge is 0.254 e. The summed E-state index contributed by atoms with van der Waals surface area (Å²) in [5.74, 6) is 1.72. The molecule has 1 saturated carbocycles. The Morgan fingerprint density at radius 1 is 1.31 bits per heavy atom. The summed E-state index contributed by atoms with van der Waals surface area (Å²) in [5.41, 5.74) is 1.33. The second-order valence-corrected chi connectivity index (χ2v) is 8.58. The Morgan fingerprint density at radius 3 is 2.84 bits per heavy atom. The minimum absolute atomic E-state index is 0.0113. The number of amides is 1. The molecule has 0 radical (unpaired) electrons. The van der Waals surface area contributed by atoms with Crippen molar-refractivity contribution in [3.8, 4) is 5.75 Å². The number of nitrogens with zero attached hydrogens (tertiary/aromatic N) is 3. The predicted molar refractivity (Wildman–Crippen MR) is 125 cm³/mol. The van der Waals surface area contributed by atoms with Crippen LogP contribution in [-0.4, -0.2) is 73.4 Å². The van der Waals surface area contributed by atoms with Crippen molar-refractivity contribution in [2.75, 3.05) is 57.2 Å². The van der Waals surface area contributed by atoms with Gasteiger partial charge in [-0.05, 0) is 53.4 Å². The molecular formula is C22H28BrN5O4. The Labute approximate surface area is 196 Å². The SMILES string of the molecule is COCCNc1nc(Nc2ccc(C(=O)N3CCOCC3)cc2OC2CCC2)ncc1Br. The molecule has 0 bridgehead atoms. The molecule has 2 heterocycles. The second-order valence-electron chi connectivity index (χ2n) is 7.72. The van der Waals surface area contributed by atoms with Gasteiger partial charge in [0, 0.05) is 38.5 Å². The van der Waals surface area contributed by atoms with E-state index >= 15 is 0 Å². The van der Waals surface area contributed by atoms with Gasteiger partial charge in [-0.3, -0.25) is 4.79 Å². The summed E-state index contributed by atoms with van der Waals surface area (Å²) < 4.78 is 17.4. The van der Waals surface area contributed by atoms with E-state index in [0.717, 1.165) is 29.4 Å². The molecule has 1 aliphatic carbocycles. The highest BCUT2D eigenvalue weighted by Gasteiger charge is 2.24. The van der Waals surface area contributed by atoms with E-state index in [0.29, 0.717) is 62.5 Å². The van der Waals surface area contributed by atoms with Crippen LogP contribution in [0.5, 0.6) is 5.75 Å². The number of anilines is 3. The lowest BCUT2D eigenvalue weighted by molar-refractivity contribution is 0.0302. The Hall–Kier alpha value is -2.43. The number of methoxy groups -OCH3 is 1. The molecule has 10 heteroatoms. The number of carbonyl (C=O) groups excluding carboxylic acids is 1. The highest BCUT2D eigenvalue weighted by atomic mass is 79.9. The molecule has 0 atom stereocenters. The topological polar surface area (TPSA) is 97.8 Å². The van der Waals surface area contributed by atoms with E-state index in [1.54, 1.807) is 13.3 Å². The Balaban J connectivity index is 1.54. The number of rotatable bonds is 9. The van der Waals surface area contributed by atoms with Crippen LogP contribution in [0.15, 0.2) is 28.9 Å².